The van der Waals surface area contributed by atoms with E-state index in [2.05, 4.69) is 0 Å². The van der Waals surface area contributed by atoms with Crippen molar-refractivity contribution in [3.8, 4) is 5.75 Å². The Morgan fingerprint density at radius 3 is 2.80 bits per heavy atom. The van der Waals surface area contributed by atoms with Gasteiger partial charge >= 0.3 is 5.97 Å². The summed E-state index contributed by atoms with van der Waals surface area (Å²) >= 11 is 0. The van der Waals surface area contributed by atoms with Crippen LogP contribution >= 0.6 is 0 Å². The van der Waals surface area contributed by atoms with Gasteiger partial charge in [0, 0.05) is 12.7 Å². The minimum Gasteiger partial charge on any atom is -0.508 e. The first-order valence-electron chi connectivity index (χ1n) is 4.36. The molecule has 0 radical (unpaired) electrons. The van der Waals surface area contributed by atoms with E-state index in [-0.39, 0.29) is 17.9 Å². The highest BCUT2D eigenvalue weighted by molar-refractivity contribution is 5.77. The van der Waals surface area contributed by atoms with Gasteiger partial charge in [0.15, 0.2) is 0 Å². The number of methoxy groups -OCH3 is 1. The molecule has 0 aromatic heterocycles. The van der Waals surface area contributed by atoms with Crippen molar-refractivity contribution >= 4 is 5.97 Å². The number of aromatic hydroxyl groups is 1. The van der Waals surface area contributed by atoms with Crippen LogP contribution in [-0.4, -0.2) is 23.3 Å². The molecule has 1 unspecified atom stereocenters. The number of carboxylic acid groups (broad SMARTS) is 1. The lowest BCUT2D eigenvalue weighted by atomic mass is 10.0. The van der Waals surface area contributed by atoms with Crippen LogP contribution in [0.25, 0.3) is 0 Å². The molecule has 1 rings (SSSR count). The van der Waals surface area contributed by atoms with Crippen LogP contribution in [0, 0.1) is 0 Å². The highest BCUT2D eigenvalue weighted by atomic mass is 16.5. The molecule has 0 aliphatic rings. The normalized spacial score (nSPS) is 12.4. The fourth-order valence-electron chi connectivity index (χ4n) is 1.36. The van der Waals surface area contributed by atoms with Crippen LogP contribution in [-0.2, 0) is 16.1 Å². The molecule has 4 N–H and O–H groups in total. The Labute approximate surface area is 87.1 Å². The number of hydrogen-bond donors (Lipinski definition) is 3. The predicted molar refractivity (Wildman–Crippen MR) is 53.4 cm³/mol. The molecule has 0 saturated carbocycles. The average Bonchev–Trinajstić information content (AvgIpc) is 2.17. The molecule has 1 aromatic carbocycles. The maximum absolute atomic E-state index is 10.7. The largest absolute Gasteiger partial charge is 0.508 e. The summed E-state index contributed by atoms with van der Waals surface area (Å²) in [6.07, 6.45) is 0. The highest BCUT2D eigenvalue weighted by Gasteiger charge is 2.21. The summed E-state index contributed by atoms with van der Waals surface area (Å²) in [5.41, 5.74) is 6.23. The molecule has 0 saturated heterocycles. The van der Waals surface area contributed by atoms with Gasteiger partial charge in [-0.3, -0.25) is 4.79 Å². The third kappa shape index (κ3) is 2.45. The van der Waals surface area contributed by atoms with Gasteiger partial charge in [-0.2, -0.15) is 0 Å². The van der Waals surface area contributed by atoms with Crippen LogP contribution in [0.4, 0.5) is 0 Å². The molecule has 5 heteroatoms. The molecule has 5 nitrogen and oxygen atoms in total. The SMILES string of the molecule is COCc1cccc(O)c1C(N)C(=O)O. The molecule has 1 aromatic rings. The fraction of sp³-hybridized carbons (Fsp3) is 0.300. The van der Waals surface area contributed by atoms with Gasteiger partial charge in [-0.15, -0.1) is 0 Å². The van der Waals surface area contributed by atoms with Crippen molar-refractivity contribution < 1.29 is 19.7 Å². The quantitative estimate of drug-likeness (QED) is 0.679. The molecule has 0 heterocycles. The average molecular weight is 211 g/mol. The summed E-state index contributed by atoms with van der Waals surface area (Å²) in [6.45, 7) is 0.213. The maximum Gasteiger partial charge on any atom is 0.325 e. The van der Waals surface area contributed by atoms with Crippen molar-refractivity contribution in [2.24, 2.45) is 5.73 Å². The Morgan fingerprint density at radius 2 is 2.27 bits per heavy atom. The Morgan fingerprint density at radius 1 is 1.60 bits per heavy atom. The summed E-state index contributed by atoms with van der Waals surface area (Å²) in [5, 5.41) is 18.3. The first-order chi connectivity index (χ1) is 7.07. The Bertz CT molecular complexity index is 364. The molecular weight excluding hydrogens is 198 g/mol. The summed E-state index contributed by atoms with van der Waals surface area (Å²) in [4.78, 5) is 10.7. The number of phenolic OH excluding ortho intramolecular Hbond substituents is 1. The van der Waals surface area contributed by atoms with Crippen LogP contribution in [0.15, 0.2) is 18.2 Å². The molecule has 82 valence electrons. The van der Waals surface area contributed by atoms with Gasteiger partial charge in [-0.25, -0.2) is 0 Å². The molecule has 0 bridgehead atoms. The predicted octanol–water partition coefficient (Wildman–Crippen LogP) is 0.623. The lowest BCUT2D eigenvalue weighted by molar-refractivity contribution is -0.138. The van der Waals surface area contributed by atoms with Crippen molar-refractivity contribution in [3.63, 3.8) is 0 Å². The Kier molecular flexibility index (Phi) is 3.65. The lowest BCUT2D eigenvalue weighted by Gasteiger charge is -2.14. The topological polar surface area (TPSA) is 92.8 Å². The molecular formula is C10H13NO4. The molecule has 0 fully saturated rings. The summed E-state index contributed by atoms with van der Waals surface area (Å²) in [6, 6.07) is 3.44. The van der Waals surface area contributed by atoms with Crippen LogP contribution in [0.2, 0.25) is 0 Å². The van der Waals surface area contributed by atoms with Gasteiger partial charge in [0.25, 0.3) is 0 Å². The van der Waals surface area contributed by atoms with E-state index in [1.165, 1.54) is 13.2 Å². The third-order valence-electron chi connectivity index (χ3n) is 2.05. The third-order valence-corrected chi connectivity index (χ3v) is 2.05. The van der Waals surface area contributed by atoms with Crippen molar-refractivity contribution in [2.75, 3.05) is 7.11 Å². The minimum atomic E-state index is -1.24. The number of carbonyl (C=O) groups is 1. The van der Waals surface area contributed by atoms with Crippen LogP contribution in [0.5, 0.6) is 5.75 Å². The Balaban J connectivity index is 3.17. The van der Waals surface area contributed by atoms with Gasteiger partial charge in [0.2, 0.25) is 0 Å². The van der Waals surface area contributed by atoms with E-state index in [1.807, 2.05) is 0 Å². The Hall–Kier alpha value is -1.59. The first-order valence-corrected chi connectivity index (χ1v) is 4.36. The zero-order valence-electron chi connectivity index (χ0n) is 8.30. The monoisotopic (exact) mass is 211 g/mol. The number of carboxylic acids is 1. The van der Waals surface area contributed by atoms with Crippen LogP contribution < -0.4 is 5.73 Å². The zero-order valence-corrected chi connectivity index (χ0v) is 8.30. The molecule has 0 amide bonds. The number of benzene rings is 1. The van der Waals surface area contributed by atoms with E-state index in [9.17, 15) is 9.90 Å². The van der Waals surface area contributed by atoms with Gasteiger partial charge in [0.05, 0.1) is 6.61 Å². The summed E-state index contributed by atoms with van der Waals surface area (Å²) in [7, 11) is 1.49. The van der Waals surface area contributed by atoms with Crippen LogP contribution in [0.1, 0.15) is 17.2 Å². The minimum absolute atomic E-state index is 0.126. The maximum atomic E-state index is 10.7. The first kappa shape index (κ1) is 11.5. The summed E-state index contributed by atoms with van der Waals surface area (Å²) < 4.78 is 4.89. The second-order valence-corrected chi connectivity index (χ2v) is 3.10. The molecule has 1 atom stereocenters. The van der Waals surface area contributed by atoms with Crippen LogP contribution in [0.3, 0.4) is 0 Å². The lowest BCUT2D eigenvalue weighted by Crippen LogP contribution is -2.22. The van der Waals surface area contributed by atoms with Crippen molar-refractivity contribution in [1.29, 1.82) is 0 Å². The second kappa shape index (κ2) is 4.77. The standard InChI is InChI=1S/C10H13NO4/c1-15-5-6-3-2-4-7(12)8(6)9(11)10(13)14/h2-4,9,12H,5,11H2,1H3,(H,13,14). The number of rotatable bonds is 4. The smallest absolute Gasteiger partial charge is 0.325 e. The van der Waals surface area contributed by atoms with Crippen molar-refractivity contribution in [1.82, 2.24) is 0 Å². The number of hydrogen-bond acceptors (Lipinski definition) is 4. The van der Waals surface area contributed by atoms with Crippen molar-refractivity contribution in [3.05, 3.63) is 29.3 Å². The highest BCUT2D eigenvalue weighted by Crippen LogP contribution is 2.27. The van der Waals surface area contributed by atoms with E-state index in [0.717, 1.165) is 0 Å². The number of phenols is 1. The van der Waals surface area contributed by atoms with E-state index >= 15 is 0 Å². The van der Waals surface area contributed by atoms with Gasteiger partial charge in [-0.05, 0) is 11.6 Å². The molecule has 0 aliphatic carbocycles. The number of aliphatic carboxylic acids is 1. The molecule has 15 heavy (non-hydrogen) atoms. The number of ether oxygens (including phenoxy) is 1. The van der Waals surface area contributed by atoms with E-state index in [1.54, 1.807) is 12.1 Å². The number of nitrogens with two attached hydrogens (primary N) is 1. The fourth-order valence-corrected chi connectivity index (χ4v) is 1.36. The second-order valence-electron chi connectivity index (χ2n) is 3.10. The van der Waals surface area contributed by atoms with E-state index in [4.69, 9.17) is 15.6 Å². The van der Waals surface area contributed by atoms with Gasteiger partial charge in [-0.1, -0.05) is 12.1 Å². The van der Waals surface area contributed by atoms with E-state index < -0.39 is 12.0 Å². The van der Waals surface area contributed by atoms with E-state index in [0.29, 0.717) is 5.56 Å². The summed E-state index contributed by atoms with van der Waals surface area (Å²) in [5.74, 6) is -1.31. The molecule has 0 spiro atoms. The van der Waals surface area contributed by atoms with Gasteiger partial charge < -0.3 is 20.7 Å². The zero-order chi connectivity index (χ0) is 11.4. The van der Waals surface area contributed by atoms with Gasteiger partial charge in [0.1, 0.15) is 11.8 Å². The van der Waals surface area contributed by atoms with Crippen molar-refractivity contribution in [2.45, 2.75) is 12.6 Å². The molecule has 0 aliphatic heterocycles.